The van der Waals surface area contributed by atoms with Crippen molar-refractivity contribution in [1.82, 2.24) is 9.80 Å². The highest BCUT2D eigenvalue weighted by molar-refractivity contribution is 8.00. The molecular weight excluding hydrogens is 315 g/mol. The second-order valence-corrected chi connectivity index (χ2v) is 7.47. The number of hydrogen-bond acceptors (Lipinski definition) is 3. The average molecular weight is 338 g/mol. The molecule has 6 heteroatoms. The third-order valence-corrected chi connectivity index (χ3v) is 5.02. The van der Waals surface area contributed by atoms with Crippen LogP contribution < -0.4 is 0 Å². The van der Waals surface area contributed by atoms with Crippen LogP contribution in [-0.2, 0) is 9.59 Å². The normalized spacial score (nSPS) is 19.3. The molecule has 0 unspecified atom stereocenters. The van der Waals surface area contributed by atoms with Crippen molar-refractivity contribution in [3.8, 4) is 0 Å². The van der Waals surface area contributed by atoms with E-state index in [1.807, 2.05) is 13.8 Å². The number of nitrogens with zero attached hydrogens (tertiary/aromatic N) is 2. The summed E-state index contributed by atoms with van der Waals surface area (Å²) in [6.45, 7) is 4.06. The Morgan fingerprint density at radius 2 is 2.13 bits per heavy atom. The third kappa shape index (κ3) is 4.05. The number of carbonyl (C=O) groups excluding carboxylic acids is 2. The molecule has 0 spiro atoms. The Balaban J connectivity index is 2.37. The van der Waals surface area contributed by atoms with Crippen molar-refractivity contribution in [1.29, 1.82) is 0 Å². The van der Waals surface area contributed by atoms with Gasteiger partial charge in [0.25, 0.3) is 0 Å². The lowest BCUT2D eigenvalue weighted by Crippen LogP contribution is -2.48. The van der Waals surface area contributed by atoms with Gasteiger partial charge in [0, 0.05) is 14.1 Å². The van der Waals surface area contributed by atoms with E-state index >= 15 is 0 Å². The van der Waals surface area contributed by atoms with E-state index in [-0.39, 0.29) is 28.9 Å². The number of amides is 2. The molecule has 0 N–H and O–H groups in total. The van der Waals surface area contributed by atoms with Crippen molar-refractivity contribution in [3.05, 3.63) is 35.6 Å². The maximum absolute atomic E-state index is 13.6. The van der Waals surface area contributed by atoms with Gasteiger partial charge in [-0.1, -0.05) is 26.0 Å². The SMILES string of the molecule is CC(C)C[C@@H](C(=O)N(C)C)N1C(=O)CS[C@@H]1c1cccc(F)c1. The Kier molecular flexibility index (Phi) is 5.68. The predicted molar refractivity (Wildman–Crippen MR) is 90.4 cm³/mol. The molecule has 1 aliphatic rings. The first-order chi connectivity index (χ1) is 10.8. The minimum Gasteiger partial charge on any atom is -0.347 e. The van der Waals surface area contributed by atoms with Crippen LogP contribution in [0.3, 0.4) is 0 Å². The van der Waals surface area contributed by atoms with Gasteiger partial charge in [0.1, 0.15) is 17.2 Å². The van der Waals surface area contributed by atoms with Crippen LogP contribution >= 0.6 is 11.8 Å². The first-order valence-electron chi connectivity index (χ1n) is 7.70. The molecule has 4 nitrogen and oxygen atoms in total. The minimum atomic E-state index is -0.513. The summed E-state index contributed by atoms with van der Waals surface area (Å²) in [5.74, 6) is 0.106. The summed E-state index contributed by atoms with van der Waals surface area (Å²) in [4.78, 5) is 28.2. The van der Waals surface area contributed by atoms with Crippen molar-refractivity contribution in [2.45, 2.75) is 31.7 Å². The van der Waals surface area contributed by atoms with Gasteiger partial charge in [0.2, 0.25) is 11.8 Å². The third-order valence-electron chi connectivity index (χ3n) is 3.80. The first-order valence-corrected chi connectivity index (χ1v) is 8.75. The second kappa shape index (κ2) is 7.34. The molecule has 1 aromatic carbocycles. The first kappa shape index (κ1) is 17.8. The zero-order valence-corrected chi connectivity index (χ0v) is 14.8. The van der Waals surface area contributed by atoms with E-state index in [1.54, 1.807) is 31.1 Å². The highest BCUT2D eigenvalue weighted by Crippen LogP contribution is 2.41. The van der Waals surface area contributed by atoms with Crippen LogP contribution in [0.1, 0.15) is 31.2 Å². The molecule has 2 atom stereocenters. The van der Waals surface area contributed by atoms with E-state index in [0.29, 0.717) is 12.2 Å². The Morgan fingerprint density at radius 3 is 2.70 bits per heavy atom. The molecule has 2 rings (SSSR count). The van der Waals surface area contributed by atoms with Crippen molar-refractivity contribution in [3.63, 3.8) is 0 Å². The number of thioether (sulfide) groups is 1. The van der Waals surface area contributed by atoms with Crippen molar-refractivity contribution in [2.75, 3.05) is 19.8 Å². The average Bonchev–Trinajstić information content (AvgIpc) is 2.85. The van der Waals surface area contributed by atoms with Crippen LogP contribution in [-0.4, -0.2) is 47.5 Å². The Hall–Kier alpha value is -1.56. The standard InChI is InChI=1S/C17H23FN2O2S/c1-11(2)8-14(16(22)19(3)4)20-15(21)10-23-17(20)12-6-5-7-13(18)9-12/h5-7,9,11,14,17H,8,10H2,1-4H3/t14-,17+/m0/s1. The molecule has 0 saturated carbocycles. The lowest BCUT2D eigenvalue weighted by molar-refractivity contribution is -0.143. The lowest BCUT2D eigenvalue weighted by atomic mass is 10.00. The van der Waals surface area contributed by atoms with Gasteiger partial charge in [-0.15, -0.1) is 11.8 Å². The van der Waals surface area contributed by atoms with Gasteiger partial charge in [0.05, 0.1) is 5.75 Å². The van der Waals surface area contributed by atoms with Gasteiger partial charge in [-0.25, -0.2) is 4.39 Å². The van der Waals surface area contributed by atoms with Crippen molar-refractivity contribution < 1.29 is 14.0 Å². The number of rotatable bonds is 5. The van der Waals surface area contributed by atoms with Gasteiger partial charge in [-0.05, 0) is 30.0 Å². The van der Waals surface area contributed by atoms with Crippen LogP contribution in [0.15, 0.2) is 24.3 Å². The highest BCUT2D eigenvalue weighted by Gasteiger charge is 2.41. The summed E-state index contributed by atoms with van der Waals surface area (Å²) < 4.78 is 13.6. The summed E-state index contributed by atoms with van der Waals surface area (Å²) >= 11 is 1.44. The van der Waals surface area contributed by atoms with Gasteiger partial charge < -0.3 is 9.80 Å². The summed E-state index contributed by atoms with van der Waals surface area (Å²) in [6.07, 6.45) is 0.592. The molecule has 1 saturated heterocycles. The summed E-state index contributed by atoms with van der Waals surface area (Å²) in [6, 6.07) is 5.75. The Labute approximate surface area is 141 Å². The second-order valence-electron chi connectivity index (χ2n) is 6.40. The van der Waals surface area contributed by atoms with E-state index in [2.05, 4.69) is 0 Å². The molecule has 0 radical (unpaired) electrons. The fourth-order valence-corrected chi connectivity index (χ4v) is 3.98. The van der Waals surface area contributed by atoms with Crippen LogP contribution in [0.4, 0.5) is 4.39 Å². The molecule has 1 heterocycles. The maximum Gasteiger partial charge on any atom is 0.244 e. The van der Waals surface area contributed by atoms with E-state index in [9.17, 15) is 14.0 Å². The van der Waals surface area contributed by atoms with Crippen LogP contribution in [0, 0.1) is 11.7 Å². The summed E-state index contributed by atoms with van der Waals surface area (Å²) in [7, 11) is 3.39. The van der Waals surface area contributed by atoms with E-state index in [1.165, 1.54) is 28.8 Å². The number of likely N-dealkylation sites (N-methyl/N-ethyl adjacent to an activating group) is 1. The van der Waals surface area contributed by atoms with Gasteiger partial charge in [-0.2, -0.15) is 0 Å². The topological polar surface area (TPSA) is 40.6 Å². The maximum atomic E-state index is 13.6. The minimum absolute atomic E-state index is 0.0647. The molecule has 2 amide bonds. The van der Waals surface area contributed by atoms with Gasteiger partial charge in [0.15, 0.2) is 0 Å². The molecule has 126 valence electrons. The zero-order chi connectivity index (χ0) is 17.1. The van der Waals surface area contributed by atoms with E-state index in [0.717, 1.165) is 5.56 Å². The molecule has 0 aromatic heterocycles. The number of benzene rings is 1. The fourth-order valence-electron chi connectivity index (χ4n) is 2.77. The van der Waals surface area contributed by atoms with E-state index in [4.69, 9.17) is 0 Å². The predicted octanol–water partition coefficient (Wildman–Crippen LogP) is 2.90. The zero-order valence-electron chi connectivity index (χ0n) is 14.0. The fraction of sp³-hybridized carbons (Fsp3) is 0.529. The van der Waals surface area contributed by atoms with Crippen molar-refractivity contribution >= 4 is 23.6 Å². The van der Waals surface area contributed by atoms with Crippen LogP contribution in [0.25, 0.3) is 0 Å². The monoisotopic (exact) mass is 338 g/mol. The number of halogens is 1. The molecule has 0 bridgehead atoms. The van der Waals surface area contributed by atoms with Crippen LogP contribution in [0.5, 0.6) is 0 Å². The summed E-state index contributed by atoms with van der Waals surface area (Å²) in [5.41, 5.74) is 0.723. The van der Waals surface area contributed by atoms with E-state index < -0.39 is 6.04 Å². The lowest BCUT2D eigenvalue weighted by Gasteiger charge is -2.34. The smallest absolute Gasteiger partial charge is 0.244 e. The number of carbonyl (C=O) groups is 2. The van der Waals surface area contributed by atoms with Gasteiger partial charge >= 0.3 is 0 Å². The van der Waals surface area contributed by atoms with Crippen LogP contribution in [0.2, 0.25) is 0 Å². The number of hydrogen-bond donors (Lipinski definition) is 0. The molecule has 23 heavy (non-hydrogen) atoms. The highest BCUT2D eigenvalue weighted by atomic mass is 32.2. The molecular formula is C17H23FN2O2S. The largest absolute Gasteiger partial charge is 0.347 e. The molecule has 0 aliphatic carbocycles. The Bertz CT molecular complexity index is 592. The molecule has 1 aliphatic heterocycles. The van der Waals surface area contributed by atoms with Gasteiger partial charge in [-0.3, -0.25) is 9.59 Å². The quantitative estimate of drug-likeness (QED) is 0.829. The molecule has 1 aromatic rings. The van der Waals surface area contributed by atoms with Crippen molar-refractivity contribution in [2.24, 2.45) is 5.92 Å². The summed E-state index contributed by atoms with van der Waals surface area (Å²) in [5, 5.41) is -0.314. The Morgan fingerprint density at radius 1 is 1.43 bits per heavy atom. The molecule has 1 fully saturated rings.